The maximum Gasteiger partial charge on any atom is 0.247 e. The molecule has 0 N–H and O–H groups in total. The van der Waals surface area contributed by atoms with Crippen molar-refractivity contribution in [3.8, 4) is 6.07 Å². The Bertz CT molecular complexity index is 1560. The van der Waals surface area contributed by atoms with Crippen molar-refractivity contribution in [2.75, 3.05) is 16.8 Å². The number of nitrogens with zero attached hydrogens (tertiary/aromatic N) is 4. The molecule has 178 valence electrons. The van der Waals surface area contributed by atoms with Gasteiger partial charge in [-0.2, -0.15) is 5.26 Å². The Labute approximate surface area is 214 Å². The van der Waals surface area contributed by atoms with Crippen LogP contribution >= 0.6 is 11.6 Å². The van der Waals surface area contributed by atoms with Crippen LogP contribution in [0.25, 0.3) is 5.82 Å². The van der Waals surface area contributed by atoms with E-state index in [1.165, 1.54) is 0 Å². The van der Waals surface area contributed by atoms with E-state index in [9.17, 15) is 14.9 Å². The number of likely N-dealkylation sites (N-methyl/N-ethyl adjacent to an activating group) is 1. The summed E-state index contributed by atoms with van der Waals surface area (Å²) in [5.41, 5.74) is 2.87. The number of hydrogen-bond acceptors (Lipinski definition) is 4. The van der Waals surface area contributed by atoms with Gasteiger partial charge >= 0.3 is 0 Å². The van der Waals surface area contributed by atoms with E-state index < -0.39 is 5.41 Å². The number of halogens is 1. The molecule has 1 aromatic heterocycles. The van der Waals surface area contributed by atoms with Crippen LogP contribution < -0.4 is 9.80 Å². The van der Waals surface area contributed by atoms with Crippen molar-refractivity contribution >= 4 is 40.5 Å². The molecule has 3 aliphatic rings. The van der Waals surface area contributed by atoms with Crippen LogP contribution in [0.4, 0.5) is 11.4 Å². The fourth-order valence-corrected chi connectivity index (χ4v) is 6.17. The molecular weight excluding hydrogens is 472 g/mol. The number of anilines is 2. The highest BCUT2D eigenvalue weighted by atomic mass is 35.5. The normalized spacial score (nSPS) is 21.3. The molecule has 1 amide bonds. The van der Waals surface area contributed by atoms with Gasteiger partial charge in [0.2, 0.25) is 5.91 Å². The molecule has 1 aliphatic carbocycles. The smallest absolute Gasteiger partial charge is 0.247 e. The molecule has 0 fully saturated rings. The van der Waals surface area contributed by atoms with E-state index in [-0.39, 0.29) is 17.3 Å². The van der Waals surface area contributed by atoms with Gasteiger partial charge in [0, 0.05) is 53.4 Å². The van der Waals surface area contributed by atoms with Gasteiger partial charge in [0.05, 0.1) is 11.3 Å². The minimum atomic E-state index is -1.50. The highest BCUT2D eigenvalue weighted by Crippen LogP contribution is 2.58. The summed E-state index contributed by atoms with van der Waals surface area (Å²) in [6, 6.07) is 19.3. The van der Waals surface area contributed by atoms with Crippen molar-refractivity contribution in [2.24, 2.45) is 0 Å². The Balaban J connectivity index is 1.82. The molecular formula is C29H23ClN4O2. The first-order chi connectivity index (χ1) is 17.4. The molecule has 2 aliphatic heterocycles. The van der Waals surface area contributed by atoms with Crippen LogP contribution in [0.5, 0.6) is 0 Å². The van der Waals surface area contributed by atoms with E-state index in [4.69, 9.17) is 11.6 Å². The van der Waals surface area contributed by atoms with E-state index in [2.05, 4.69) is 6.07 Å². The Kier molecular flexibility index (Phi) is 4.96. The lowest BCUT2D eigenvalue weighted by Crippen LogP contribution is -2.51. The van der Waals surface area contributed by atoms with Crippen LogP contribution in [-0.2, 0) is 15.0 Å². The number of carbonyl (C=O) groups is 2. The summed E-state index contributed by atoms with van der Waals surface area (Å²) >= 11 is 6.55. The molecule has 0 radical (unpaired) electrons. The fourth-order valence-electron chi connectivity index (χ4n) is 6.00. The molecule has 1 atom stereocenters. The summed E-state index contributed by atoms with van der Waals surface area (Å²) in [6.07, 6.45) is 5.31. The summed E-state index contributed by atoms with van der Waals surface area (Å²) < 4.78 is 1.86. The predicted octanol–water partition coefficient (Wildman–Crippen LogP) is 5.58. The van der Waals surface area contributed by atoms with Crippen LogP contribution in [0.2, 0.25) is 5.02 Å². The zero-order valence-electron chi connectivity index (χ0n) is 20.0. The van der Waals surface area contributed by atoms with Gasteiger partial charge in [0.1, 0.15) is 17.3 Å². The van der Waals surface area contributed by atoms with Gasteiger partial charge in [-0.3, -0.25) is 14.5 Å². The maximum absolute atomic E-state index is 14.3. The minimum absolute atomic E-state index is 0.0984. The van der Waals surface area contributed by atoms with Crippen molar-refractivity contribution in [1.82, 2.24) is 4.57 Å². The molecule has 0 unspecified atom stereocenters. The Morgan fingerprint density at radius 2 is 1.69 bits per heavy atom. The van der Waals surface area contributed by atoms with Gasteiger partial charge in [-0.25, -0.2) is 0 Å². The van der Waals surface area contributed by atoms with Gasteiger partial charge in [-0.15, -0.1) is 0 Å². The third-order valence-electron chi connectivity index (χ3n) is 7.58. The van der Waals surface area contributed by atoms with Crippen LogP contribution in [0.3, 0.4) is 0 Å². The number of ketones is 1. The van der Waals surface area contributed by atoms with Gasteiger partial charge in [0.25, 0.3) is 0 Å². The molecule has 0 saturated heterocycles. The average Bonchev–Trinajstić information content (AvgIpc) is 3.49. The maximum atomic E-state index is 14.3. The summed E-state index contributed by atoms with van der Waals surface area (Å²) in [7, 11) is 1.71. The van der Waals surface area contributed by atoms with Gasteiger partial charge in [-0.05, 0) is 55.7 Å². The van der Waals surface area contributed by atoms with Crippen molar-refractivity contribution in [1.29, 1.82) is 5.26 Å². The lowest BCUT2D eigenvalue weighted by Gasteiger charge is -2.45. The second-order valence-electron chi connectivity index (χ2n) is 9.35. The second kappa shape index (κ2) is 7.97. The summed E-state index contributed by atoms with van der Waals surface area (Å²) in [5.74, 6) is 0.161. The van der Waals surface area contributed by atoms with E-state index in [0.29, 0.717) is 46.9 Å². The average molecular weight is 495 g/mol. The Hall–Kier alpha value is -4.08. The summed E-state index contributed by atoms with van der Waals surface area (Å²) in [6.45, 7) is 1.93. The van der Waals surface area contributed by atoms with Gasteiger partial charge in [-0.1, -0.05) is 35.9 Å². The first-order valence-electron chi connectivity index (χ1n) is 11.9. The van der Waals surface area contributed by atoms with Gasteiger partial charge in [0.15, 0.2) is 5.78 Å². The lowest BCUT2D eigenvalue weighted by atomic mass is 9.63. The molecule has 0 saturated carbocycles. The minimum Gasteiger partial charge on any atom is -0.314 e. The second-order valence-corrected chi connectivity index (χ2v) is 9.76. The number of carbonyl (C=O) groups excluding carboxylic acids is 2. The van der Waals surface area contributed by atoms with Crippen molar-refractivity contribution in [2.45, 2.75) is 31.6 Å². The first kappa shape index (κ1) is 22.4. The molecule has 3 aromatic rings. The number of Topliss-reactive ketones (excluding diaryl/α,β-unsaturated/α-hetero) is 1. The predicted molar refractivity (Wildman–Crippen MR) is 139 cm³/mol. The fraction of sp³-hybridized carbons (Fsp3) is 0.207. The zero-order valence-corrected chi connectivity index (χ0v) is 20.7. The zero-order chi connectivity index (χ0) is 25.2. The number of fused-ring (bicyclic) bond motifs is 3. The SMILES string of the molecule is Cc1c(Cl)cccc1N1C2=C(C(=O)CCC2)[C@]2(C(=O)N(C)c3ccccc32)C(C#N)=C1n1cccc1. The van der Waals surface area contributed by atoms with Crippen LogP contribution in [0.1, 0.15) is 30.4 Å². The number of allylic oxidation sites excluding steroid dienone is 1. The van der Waals surface area contributed by atoms with Crippen LogP contribution in [0, 0.1) is 18.3 Å². The molecule has 36 heavy (non-hydrogen) atoms. The number of hydrogen-bond donors (Lipinski definition) is 0. The monoisotopic (exact) mass is 494 g/mol. The number of nitriles is 1. The third-order valence-corrected chi connectivity index (χ3v) is 7.99. The number of para-hydroxylation sites is 1. The molecule has 0 bridgehead atoms. The highest BCUT2D eigenvalue weighted by Gasteiger charge is 2.62. The van der Waals surface area contributed by atoms with E-state index in [1.807, 2.05) is 83.4 Å². The topological polar surface area (TPSA) is 69.3 Å². The van der Waals surface area contributed by atoms with E-state index in [0.717, 1.165) is 16.9 Å². The largest absolute Gasteiger partial charge is 0.314 e. The van der Waals surface area contributed by atoms with Crippen LogP contribution in [0.15, 0.2) is 83.8 Å². The number of benzene rings is 2. The first-order valence-corrected chi connectivity index (χ1v) is 12.3. The van der Waals surface area contributed by atoms with Crippen molar-refractivity contribution in [3.05, 3.63) is 100.0 Å². The molecule has 1 spiro atoms. The molecule has 7 heteroatoms. The lowest BCUT2D eigenvalue weighted by molar-refractivity contribution is -0.123. The Morgan fingerprint density at radius 3 is 2.44 bits per heavy atom. The number of amides is 1. The standard InChI is InChI=1S/C29H23ClN4O2/c1-18-21(30)10-7-12-22(18)34-24-13-8-14-25(35)26(24)29(20(17-31)27(34)33-15-5-6-16-33)19-9-3-4-11-23(19)32(2)28(29)36/h3-7,9-12,15-16H,8,13-14H2,1-2H3/t29-/m1/s1. The number of rotatable bonds is 2. The van der Waals surface area contributed by atoms with Crippen molar-refractivity contribution < 1.29 is 9.59 Å². The summed E-state index contributed by atoms with van der Waals surface area (Å²) in [5, 5.41) is 11.4. The van der Waals surface area contributed by atoms with Crippen molar-refractivity contribution in [3.63, 3.8) is 0 Å². The van der Waals surface area contributed by atoms with Gasteiger partial charge < -0.3 is 9.47 Å². The third kappa shape index (κ3) is 2.72. The molecule has 2 aromatic carbocycles. The molecule has 6 nitrogen and oxygen atoms in total. The molecule has 6 rings (SSSR count). The van der Waals surface area contributed by atoms with E-state index in [1.54, 1.807) is 11.9 Å². The number of aromatic nitrogens is 1. The van der Waals surface area contributed by atoms with E-state index >= 15 is 0 Å². The molecule has 3 heterocycles. The quantitative estimate of drug-likeness (QED) is 0.466. The Morgan fingerprint density at radius 1 is 0.972 bits per heavy atom. The van der Waals surface area contributed by atoms with Crippen LogP contribution in [-0.4, -0.2) is 23.3 Å². The highest BCUT2D eigenvalue weighted by molar-refractivity contribution is 6.31. The summed E-state index contributed by atoms with van der Waals surface area (Å²) in [4.78, 5) is 31.7.